The van der Waals surface area contributed by atoms with E-state index in [1.807, 2.05) is 12.3 Å². The molecule has 1 aromatic rings. The van der Waals surface area contributed by atoms with Crippen molar-refractivity contribution in [2.45, 2.75) is 6.92 Å². The summed E-state index contributed by atoms with van der Waals surface area (Å²) in [6.45, 7) is 1.96. The summed E-state index contributed by atoms with van der Waals surface area (Å²) in [4.78, 5) is 12.0. The molecule has 0 spiro atoms. The SMILES string of the molecule is Cc1csc(C(=O)NC/C(N)=N/O)c1. The van der Waals surface area contributed by atoms with Crippen LogP contribution in [0.5, 0.6) is 0 Å². The highest BCUT2D eigenvalue weighted by molar-refractivity contribution is 7.12. The molecule has 5 nitrogen and oxygen atoms in total. The number of hydrogen-bond acceptors (Lipinski definition) is 4. The Labute approximate surface area is 85.2 Å². The Bertz CT molecular complexity index is 359. The number of oxime groups is 1. The van der Waals surface area contributed by atoms with Crippen LogP contribution in [0.1, 0.15) is 15.2 Å². The molecule has 0 aliphatic carbocycles. The molecular weight excluding hydrogens is 202 g/mol. The van der Waals surface area contributed by atoms with E-state index < -0.39 is 0 Å². The third-order valence-electron chi connectivity index (χ3n) is 1.51. The topological polar surface area (TPSA) is 87.7 Å². The molecule has 14 heavy (non-hydrogen) atoms. The third kappa shape index (κ3) is 2.74. The van der Waals surface area contributed by atoms with Crippen LogP contribution < -0.4 is 11.1 Å². The van der Waals surface area contributed by atoms with E-state index >= 15 is 0 Å². The van der Waals surface area contributed by atoms with Crippen molar-refractivity contribution in [2.24, 2.45) is 10.9 Å². The number of nitrogens with one attached hydrogen (secondary N) is 1. The van der Waals surface area contributed by atoms with Crippen LogP contribution in [0.2, 0.25) is 0 Å². The fourth-order valence-electron chi connectivity index (χ4n) is 0.844. The molecule has 0 radical (unpaired) electrons. The first kappa shape index (κ1) is 10.5. The highest BCUT2D eigenvalue weighted by Crippen LogP contribution is 2.12. The zero-order chi connectivity index (χ0) is 10.6. The van der Waals surface area contributed by atoms with E-state index in [0.717, 1.165) is 5.56 Å². The predicted octanol–water partition coefficient (Wildman–Crippen LogP) is 0.533. The smallest absolute Gasteiger partial charge is 0.261 e. The van der Waals surface area contributed by atoms with Crippen molar-refractivity contribution in [3.63, 3.8) is 0 Å². The van der Waals surface area contributed by atoms with Crippen molar-refractivity contribution in [1.82, 2.24) is 5.32 Å². The zero-order valence-corrected chi connectivity index (χ0v) is 8.47. The summed E-state index contributed by atoms with van der Waals surface area (Å²) in [6, 6.07) is 1.78. The molecule has 0 fully saturated rings. The Kier molecular flexibility index (Phi) is 3.47. The lowest BCUT2D eigenvalue weighted by Crippen LogP contribution is -2.33. The lowest BCUT2D eigenvalue weighted by atomic mass is 10.3. The summed E-state index contributed by atoms with van der Waals surface area (Å²) in [5.41, 5.74) is 6.24. The number of carbonyl (C=O) groups excluding carboxylic acids is 1. The van der Waals surface area contributed by atoms with E-state index in [0.29, 0.717) is 4.88 Å². The number of nitrogens with two attached hydrogens (primary N) is 1. The van der Waals surface area contributed by atoms with E-state index in [1.54, 1.807) is 6.07 Å². The van der Waals surface area contributed by atoms with Gasteiger partial charge in [-0.25, -0.2) is 0 Å². The number of amidine groups is 1. The van der Waals surface area contributed by atoms with Crippen molar-refractivity contribution in [3.05, 3.63) is 21.9 Å². The van der Waals surface area contributed by atoms with Gasteiger partial charge >= 0.3 is 0 Å². The lowest BCUT2D eigenvalue weighted by molar-refractivity contribution is 0.0963. The van der Waals surface area contributed by atoms with Gasteiger partial charge in [-0.15, -0.1) is 11.3 Å². The Morgan fingerprint density at radius 1 is 1.79 bits per heavy atom. The fraction of sp³-hybridized carbons (Fsp3) is 0.250. The Morgan fingerprint density at radius 3 is 3.00 bits per heavy atom. The molecule has 6 heteroatoms. The van der Waals surface area contributed by atoms with Crippen molar-refractivity contribution < 1.29 is 10.0 Å². The van der Waals surface area contributed by atoms with E-state index in [2.05, 4.69) is 10.5 Å². The quantitative estimate of drug-likeness (QED) is 0.296. The molecule has 1 aromatic heterocycles. The van der Waals surface area contributed by atoms with Crippen molar-refractivity contribution in [2.75, 3.05) is 6.54 Å². The van der Waals surface area contributed by atoms with Crippen molar-refractivity contribution >= 4 is 23.1 Å². The molecule has 76 valence electrons. The van der Waals surface area contributed by atoms with E-state index in [-0.39, 0.29) is 18.3 Å². The van der Waals surface area contributed by atoms with Crippen molar-refractivity contribution in [1.29, 1.82) is 0 Å². The van der Waals surface area contributed by atoms with Gasteiger partial charge in [0.05, 0.1) is 11.4 Å². The van der Waals surface area contributed by atoms with Gasteiger partial charge in [-0.05, 0) is 23.9 Å². The molecule has 0 unspecified atom stereocenters. The Morgan fingerprint density at radius 2 is 2.50 bits per heavy atom. The number of rotatable bonds is 3. The van der Waals surface area contributed by atoms with E-state index in [1.165, 1.54) is 11.3 Å². The maximum atomic E-state index is 11.4. The monoisotopic (exact) mass is 213 g/mol. The molecule has 0 bridgehead atoms. The molecule has 0 saturated carbocycles. The molecule has 0 aromatic carbocycles. The van der Waals surface area contributed by atoms with Gasteiger partial charge in [-0.2, -0.15) is 0 Å². The summed E-state index contributed by atoms with van der Waals surface area (Å²) in [5.74, 6) is -0.235. The number of aryl methyl sites for hydroxylation is 1. The highest BCUT2D eigenvalue weighted by Gasteiger charge is 2.07. The largest absolute Gasteiger partial charge is 0.409 e. The Balaban J connectivity index is 2.51. The number of hydrogen-bond donors (Lipinski definition) is 3. The minimum atomic E-state index is -0.213. The average Bonchev–Trinajstić information content (AvgIpc) is 2.60. The summed E-state index contributed by atoms with van der Waals surface area (Å²) in [6.07, 6.45) is 0. The van der Waals surface area contributed by atoms with Gasteiger partial charge in [0.15, 0.2) is 5.84 Å². The van der Waals surface area contributed by atoms with Crippen LogP contribution in [0.3, 0.4) is 0 Å². The molecule has 0 aliphatic heterocycles. The number of carbonyl (C=O) groups is 1. The average molecular weight is 213 g/mol. The minimum absolute atomic E-state index is 0.0216. The summed E-state index contributed by atoms with van der Waals surface area (Å²) < 4.78 is 0. The number of amides is 1. The van der Waals surface area contributed by atoms with Crippen molar-refractivity contribution in [3.8, 4) is 0 Å². The predicted molar refractivity (Wildman–Crippen MR) is 54.8 cm³/mol. The van der Waals surface area contributed by atoms with Gasteiger partial charge < -0.3 is 16.3 Å². The standard InChI is InChI=1S/C8H11N3O2S/c1-5-2-6(14-4-5)8(12)10-3-7(9)11-13/h2,4,13H,3H2,1H3,(H2,9,11)(H,10,12). The normalized spacial score (nSPS) is 11.4. The third-order valence-corrected chi connectivity index (χ3v) is 2.56. The van der Waals surface area contributed by atoms with E-state index in [9.17, 15) is 4.79 Å². The molecule has 0 aliphatic rings. The second-order valence-electron chi connectivity index (χ2n) is 2.76. The maximum Gasteiger partial charge on any atom is 0.261 e. The first-order valence-electron chi connectivity index (χ1n) is 3.93. The van der Waals surface area contributed by atoms with Gasteiger partial charge in [-0.1, -0.05) is 5.16 Å². The molecule has 4 N–H and O–H groups in total. The molecule has 0 atom stereocenters. The van der Waals surface area contributed by atoms with Crippen LogP contribution in [0.15, 0.2) is 16.6 Å². The van der Waals surface area contributed by atoms with Crippen LogP contribution in [0.4, 0.5) is 0 Å². The zero-order valence-electron chi connectivity index (χ0n) is 7.65. The van der Waals surface area contributed by atoms with Crippen LogP contribution in [-0.2, 0) is 0 Å². The van der Waals surface area contributed by atoms with Crippen LogP contribution >= 0.6 is 11.3 Å². The van der Waals surface area contributed by atoms with Gasteiger partial charge in [0.25, 0.3) is 5.91 Å². The lowest BCUT2D eigenvalue weighted by Gasteiger charge is -2.00. The second-order valence-corrected chi connectivity index (χ2v) is 3.67. The summed E-state index contributed by atoms with van der Waals surface area (Å²) in [5, 5.41) is 15.4. The van der Waals surface area contributed by atoms with Gasteiger partial charge in [0.1, 0.15) is 0 Å². The van der Waals surface area contributed by atoms with Crippen LogP contribution in [-0.4, -0.2) is 23.5 Å². The van der Waals surface area contributed by atoms with Gasteiger partial charge in [0, 0.05) is 0 Å². The van der Waals surface area contributed by atoms with E-state index in [4.69, 9.17) is 10.9 Å². The molecule has 1 heterocycles. The Hall–Kier alpha value is -1.56. The first-order valence-corrected chi connectivity index (χ1v) is 4.81. The molecule has 1 amide bonds. The summed E-state index contributed by atoms with van der Waals surface area (Å²) >= 11 is 1.36. The van der Waals surface area contributed by atoms with Crippen LogP contribution in [0.25, 0.3) is 0 Å². The van der Waals surface area contributed by atoms with Crippen LogP contribution in [0, 0.1) is 6.92 Å². The first-order chi connectivity index (χ1) is 6.63. The second kappa shape index (κ2) is 4.61. The summed E-state index contributed by atoms with van der Waals surface area (Å²) in [7, 11) is 0. The maximum absolute atomic E-state index is 11.4. The fourth-order valence-corrected chi connectivity index (χ4v) is 1.66. The minimum Gasteiger partial charge on any atom is -0.409 e. The number of thiophene rings is 1. The van der Waals surface area contributed by atoms with Gasteiger partial charge in [-0.3, -0.25) is 4.79 Å². The molecule has 0 saturated heterocycles. The molecular formula is C8H11N3O2S. The number of nitrogens with zero attached hydrogens (tertiary/aromatic N) is 1. The molecule has 1 rings (SSSR count). The van der Waals surface area contributed by atoms with Gasteiger partial charge in [0.2, 0.25) is 0 Å². The highest BCUT2D eigenvalue weighted by atomic mass is 32.1.